The lowest BCUT2D eigenvalue weighted by atomic mass is 9.99. The standard InChI is InChI=1S/C16H22N2O2/c1-18(15-9-13-7-8-14(10-15)17-13)16(19)20-11-12-5-3-2-4-6-12/h2-6,13-15,17H,7-11H2,1H3. The second kappa shape index (κ2) is 5.83. The van der Waals surface area contributed by atoms with Crippen molar-refractivity contribution in [3.8, 4) is 0 Å². The molecular weight excluding hydrogens is 252 g/mol. The molecule has 4 heteroatoms. The lowest BCUT2D eigenvalue weighted by Gasteiger charge is -2.34. The van der Waals surface area contributed by atoms with Gasteiger partial charge in [0.1, 0.15) is 6.61 Å². The molecule has 4 nitrogen and oxygen atoms in total. The fourth-order valence-electron chi connectivity index (χ4n) is 3.31. The molecule has 2 unspecified atom stereocenters. The van der Waals surface area contributed by atoms with Crippen LogP contribution in [0, 0.1) is 0 Å². The minimum absolute atomic E-state index is 0.208. The van der Waals surface area contributed by atoms with Crippen LogP contribution in [0.15, 0.2) is 30.3 Å². The van der Waals surface area contributed by atoms with Crippen LogP contribution in [0.25, 0.3) is 0 Å². The van der Waals surface area contributed by atoms with Gasteiger partial charge in [0, 0.05) is 25.2 Å². The summed E-state index contributed by atoms with van der Waals surface area (Å²) in [6.07, 6.45) is 4.38. The van der Waals surface area contributed by atoms with Crippen LogP contribution in [0.2, 0.25) is 0 Å². The molecule has 0 spiro atoms. The number of fused-ring (bicyclic) bond motifs is 2. The summed E-state index contributed by atoms with van der Waals surface area (Å²) in [5.74, 6) is 0. The molecule has 2 heterocycles. The zero-order chi connectivity index (χ0) is 13.9. The highest BCUT2D eigenvalue weighted by Crippen LogP contribution is 2.29. The molecule has 1 aromatic rings. The maximum Gasteiger partial charge on any atom is 0.410 e. The fraction of sp³-hybridized carbons (Fsp3) is 0.562. The van der Waals surface area contributed by atoms with Crippen LogP contribution in [-0.4, -0.2) is 36.2 Å². The third-order valence-corrected chi connectivity index (χ3v) is 4.49. The summed E-state index contributed by atoms with van der Waals surface area (Å²) in [5, 5.41) is 3.59. The maximum atomic E-state index is 12.1. The van der Waals surface area contributed by atoms with Gasteiger partial charge in [-0.1, -0.05) is 30.3 Å². The molecule has 2 atom stereocenters. The van der Waals surface area contributed by atoms with Gasteiger partial charge in [-0.05, 0) is 31.2 Å². The van der Waals surface area contributed by atoms with Gasteiger partial charge >= 0.3 is 6.09 Å². The van der Waals surface area contributed by atoms with E-state index in [9.17, 15) is 4.79 Å². The van der Waals surface area contributed by atoms with E-state index in [1.807, 2.05) is 37.4 Å². The van der Waals surface area contributed by atoms with E-state index >= 15 is 0 Å². The van der Waals surface area contributed by atoms with Crippen LogP contribution in [0.3, 0.4) is 0 Å². The summed E-state index contributed by atoms with van der Waals surface area (Å²) in [4.78, 5) is 13.9. The quantitative estimate of drug-likeness (QED) is 0.921. The first-order valence-electron chi connectivity index (χ1n) is 7.42. The number of carbonyl (C=O) groups excluding carboxylic acids is 1. The molecule has 20 heavy (non-hydrogen) atoms. The number of carbonyl (C=O) groups is 1. The minimum atomic E-state index is -0.208. The summed E-state index contributed by atoms with van der Waals surface area (Å²) in [6.45, 7) is 0.349. The molecule has 2 aliphatic rings. The molecule has 2 bridgehead atoms. The van der Waals surface area contributed by atoms with Gasteiger partial charge < -0.3 is 15.0 Å². The molecule has 0 aliphatic carbocycles. The van der Waals surface area contributed by atoms with Crippen LogP contribution in [0.5, 0.6) is 0 Å². The number of rotatable bonds is 3. The smallest absolute Gasteiger partial charge is 0.410 e. The highest BCUT2D eigenvalue weighted by molar-refractivity contribution is 5.67. The molecule has 1 N–H and O–H groups in total. The van der Waals surface area contributed by atoms with Crippen molar-refractivity contribution in [3.05, 3.63) is 35.9 Å². The Morgan fingerprint density at radius 2 is 1.90 bits per heavy atom. The van der Waals surface area contributed by atoms with Crippen molar-refractivity contribution < 1.29 is 9.53 Å². The van der Waals surface area contributed by atoms with Gasteiger partial charge in [0.25, 0.3) is 0 Å². The number of nitrogens with one attached hydrogen (secondary N) is 1. The van der Waals surface area contributed by atoms with E-state index < -0.39 is 0 Å². The second-order valence-electron chi connectivity index (χ2n) is 5.91. The lowest BCUT2D eigenvalue weighted by Crippen LogP contribution is -2.48. The normalized spacial score (nSPS) is 28.1. The van der Waals surface area contributed by atoms with Crippen LogP contribution in [0.4, 0.5) is 4.79 Å². The summed E-state index contributed by atoms with van der Waals surface area (Å²) >= 11 is 0. The molecule has 3 rings (SSSR count). The second-order valence-corrected chi connectivity index (χ2v) is 5.91. The van der Waals surface area contributed by atoms with Gasteiger partial charge in [-0.2, -0.15) is 0 Å². The molecule has 1 amide bonds. The number of piperidine rings is 1. The SMILES string of the molecule is CN(C(=O)OCc1ccccc1)C1CC2CCC(C1)N2. The number of nitrogens with zero attached hydrogens (tertiary/aromatic N) is 1. The predicted molar refractivity (Wildman–Crippen MR) is 77.4 cm³/mol. The van der Waals surface area contributed by atoms with Crippen molar-refractivity contribution in [2.45, 2.75) is 50.4 Å². The first-order valence-corrected chi connectivity index (χ1v) is 7.42. The summed E-state index contributed by atoms with van der Waals surface area (Å²) < 4.78 is 5.40. The van der Waals surface area contributed by atoms with E-state index in [1.165, 1.54) is 12.8 Å². The van der Waals surface area contributed by atoms with E-state index in [0.717, 1.165) is 18.4 Å². The van der Waals surface area contributed by atoms with Gasteiger partial charge in [-0.3, -0.25) is 0 Å². The summed E-state index contributed by atoms with van der Waals surface area (Å²) in [5.41, 5.74) is 1.03. The van der Waals surface area contributed by atoms with E-state index in [1.54, 1.807) is 4.90 Å². The van der Waals surface area contributed by atoms with Crippen LogP contribution in [0.1, 0.15) is 31.2 Å². The Morgan fingerprint density at radius 1 is 1.25 bits per heavy atom. The van der Waals surface area contributed by atoms with Crippen LogP contribution < -0.4 is 5.32 Å². The molecular formula is C16H22N2O2. The highest BCUT2D eigenvalue weighted by atomic mass is 16.6. The average Bonchev–Trinajstić information content (AvgIpc) is 2.83. The third kappa shape index (κ3) is 2.96. The van der Waals surface area contributed by atoms with Crippen molar-refractivity contribution in [2.24, 2.45) is 0 Å². The van der Waals surface area contributed by atoms with Gasteiger partial charge in [0.2, 0.25) is 0 Å². The van der Waals surface area contributed by atoms with Crippen molar-refractivity contribution in [2.75, 3.05) is 7.05 Å². The molecule has 2 aliphatic heterocycles. The molecule has 0 aromatic heterocycles. The number of hydrogen-bond donors (Lipinski definition) is 1. The molecule has 0 saturated carbocycles. The van der Waals surface area contributed by atoms with E-state index in [-0.39, 0.29) is 6.09 Å². The Labute approximate surface area is 120 Å². The summed E-state index contributed by atoms with van der Waals surface area (Å²) in [6, 6.07) is 11.3. The highest BCUT2D eigenvalue weighted by Gasteiger charge is 2.36. The number of amides is 1. The van der Waals surface area contributed by atoms with E-state index in [2.05, 4.69) is 5.32 Å². The maximum absolute atomic E-state index is 12.1. The number of ether oxygens (including phenoxy) is 1. The number of hydrogen-bond acceptors (Lipinski definition) is 3. The van der Waals surface area contributed by atoms with Crippen molar-refractivity contribution in [3.63, 3.8) is 0 Å². The van der Waals surface area contributed by atoms with Crippen LogP contribution >= 0.6 is 0 Å². The monoisotopic (exact) mass is 274 g/mol. The van der Waals surface area contributed by atoms with Gasteiger partial charge in [0.05, 0.1) is 0 Å². The average molecular weight is 274 g/mol. The summed E-state index contributed by atoms with van der Waals surface area (Å²) in [7, 11) is 1.86. The molecule has 0 radical (unpaired) electrons. The van der Waals surface area contributed by atoms with Crippen molar-refractivity contribution >= 4 is 6.09 Å². The Bertz CT molecular complexity index is 451. The molecule has 2 fully saturated rings. The minimum Gasteiger partial charge on any atom is -0.445 e. The molecule has 108 valence electrons. The first kappa shape index (κ1) is 13.4. The van der Waals surface area contributed by atoms with Gasteiger partial charge in [0.15, 0.2) is 0 Å². The fourth-order valence-corrected chi connectivity index (χ4v) is 3.31. The molecule has 1 aromatic carbocycles. The van der Waals surface area contributed by atoms with E-state index in [4.69, 9.17) is 4.74 Å². The zero-order valence-electron chi connectivity index (χ0n) is 11.9. The first-order chi connectivity index (χ1) is 9.72. The largest absolute Gasteiger partial charge is 0.445 e. The van der Waals surface area contributed by atoms with Crippen molar-refractivity contribution in [1.82, 2.24) is 10.2 Å². The Morgan fingerprint density at radius 3 is 2.55 bits per heavy atom. The van der Waals surface area contributed by atoms with E-state index in [0.29, 0.717) is 24.7 Å². The topological polar surface area (TPSA) is 41.6 Å². The van der Waals surface area contributed by atoms with Crippen molar-refractivity contribution in [1.29, 1.82) is 0 Å². The zero-order valence-corrected chi connectivity index (χ0v) is 11.9. The number of benzene rings is 1. The van der Waals surface area contributed by atoms with Gasteiger partial charge in [-0.25, -0.2) is 4.79 Å². The molecule has 2 saturated heterocycles. The predicted octanol–water partition coefficient (Wildman–Crippen LogP) is 2.54. The lowest BCUT2D eigenvalue weighted by molar-refractivity contribution is 0.0804. The Kier molecular flexibility index (Phi) is 3.92. The Balaban J connectivity index is 1.52. The van der Waals surface area contributed by atoms with Gasteiger partial charge in [-0.15, -0.1) is 0 Å². The van der Waals surface area contributed by atoms with Crippen LogP contribution in [-0.2, 0) is 11.3 Å². The Hall–Kier alpha value is -1.55. The third-order valence-electron chi connectivity index (χ3n) is 4.49.